The van der Waals surface area contributed by atoms with Crippen molar-refractivity contribution >= 4 is 34.7 Å². The summed E-state index contributed by atoms with van der Waals surface area (Å²) >= 11 is 6.30. The van der Waals surface area contributed by atoms with Gasteiger partial charge in [0.25, 0.3) is 0 Å². The van der Waals surface area contributed by atoms with E-state index in [1.54, 1.807) is 18.0 Å². The van der Waals surface area contributed by atoms with Gasteiger partial charge in [-0.25, -0.2) is 9.97 Å². The molecule has 1 N–H and O–H groups in total. The van der Waals surface area contributed by atoms with Crippen LogP contribution in [0.2, 0.25) is 5.28 Å². The Labute approximate surface area is 132 Å². The smallest absolute Gasteiger partial charge is 0.223 e. The van der Waals surface area contributed by atoms with Crippen LogP contribution in [0.25, 0.3) is 0 Å². The summed E-state index contributed by atoms with van der Waals surface area (Å²) in [4.78, 5) is 8.39. The van der Waals surface area contributed by atoms with E-state index in [-0.39, 0.29) is 15.6 Å². The van der Waals surface area contributed by atoms with Gasteiger partial charge in [-0.3, -0.25) is 0 Å². The Balaban J connectivity index is 2.32. The van der Waals surface area contributed by atoms with Crippen molar-refractivity contribution in [1.29, 1.82) is 0 Å². The first kappa shape index (κ1) is 16.4. The lowest BCUT2D eigenvalue weighted by atomic mass is 9.73. The number of nitrogens with one attached hydrogen (secondary N) is 1. The maximum absolute atomic E-state index is 12.4. The Hall–Kier alpha value is -0.0100. The highest BCUT2D eigenvalue weighted by Crippen LogP contribution is 2.45. The zero-order valence-corrected chi connectivity index (χ0v) is 14.6. The molecule has 1 aromatic heterocycles. The van der Waals surface area contributed by atoms with Gasteiger partial charge in [0, 0.05) is 23.1 Å². The van der Waals surface area contributed by atoms with Crippen molar-refractivity contribution in [3.63, 3.8) is 0 Å². The molecule has 0 spiro atoms. The average molecular weight is 334 g/mol. The molecule has 1 fully saturated rings. The number of nitrogens with zero attached hydrogens (tertiary/aromatic N) is 2. The van der Waals surface area contributed by atoms with Gasteiger partial charge in [-0.05, 0) is 57.9 Å². The summed E-state index contributed by atoms with van der Waals surface area (Å²) in [5.74, 6) is 0. The molecule has 0 bridgehead atoms. The van der Waals surface area contributed by atoms with Gasteiger partial charge in [-0.2, -0.15) is 0 Å². The van der Waals surface area contributed by atoms with Gasteiger partial charge >= 0.3 is 0 Å². The summed E-state index contributed by atoms with van der Waals surface area (Å²) in [5, 5.41) is 1.12. The zero-order valence-electron chi connectivity index (χ0n) is 12.2. The van der Waals surface area contributed by atoms with Gasteiger partial charge in [0.15, 0.2) is 0 Å². The molecule has 4 nitrogen and oxygen atoms in total. The molecule has 1 atom stereocenters. The minimum Gasteiger partial charge on any atom is -0.598 e. The second kappa shape index (κ2) is 6.01. The number of aromatic nitrogens is 2. The van der Waals surface area contributed by atoms with Crippen molar-refractivity contribution in [2.24, 2.45) is 0 Å². The normalized spacial score (nSPS) is 19.5. The van der Waals surface area contributed by atoms with Crippen molar-refractivity contribution in [1.82, 2.24) is 14.7 Å². The summed E-state index contributed by atoms with van der Waals surface area (Å²) in [7, 11) is 0. The quantitative estimate of drug-likeness (QED) is 0.396. The van der Waals surface area contributed by atoms with Crippen LogP contribution >= 0.6 is 23.4 Å². The lowest BCUT2D eigenvalue weighted by molar-refractivity contribution is 0.217. The molecule has 1 saturated carbocycles. The van der Waals surface area contributed by atoms with Crippen LogP contribution in [0, 0.1) is 0 Å². The van der Waals surface area contributed by atoms with E-state index in [0.29, 0.717) is 0 Å². The van der Waals surface area contributed by atoms with Crippen LogP contribution in [0.5, 0.6) is 0 Å². The molecule has 7 heteroatoms. The average Bonchev–Trinajstić information content (AvgIpc) is 2.32. The highest BCUT2D eigenvalue weighted by molar-refractivity contribution is 7.98. The number of rotatable bonds is 4. The lowest BCUT2D eigenvalue weighted by Crippen LogP contribution is -2.55. The number of halogens is 1. The molecular weight excluding hydrogens is 314 g/mol. The van der Waals surface area contributed by atoms with Crippen molar-refractivity contribution in [3.8, 4) is 0 Å². The van der Waals surface area contributed by atoms with Gasteiger partial charge in [0.05, 0.1) is 5.54 Å². The Morgan fingerprint density at radius 2 is 2.10 bits per heavy atom. The van der Waals surface area contributed by atoms with Crippen LogP contribution in [-0.4, -0.2) is 25.5 Å². The molecule has 0 saturated heterocycles. The summed E-state index contributed by atoms with van der Waals surface area (Å²) in [5.41, 5.74) is 0.736. The number of thioether (sulfide) groups is 1. The van der Waals surface area contributed by atoms with Gasteiger partial charge in [0.1, 0.15) is 9.77 Å². The van der Waals surface area contributed by atoms with Crippen molar-refractivity contribution in [2.75, 3.05) is 6.26 Å². The highest BCUT2D eigenvalue weighted by Gasteiger charge is 2.46. The molecule has 0 radical (unpaired) electrons. The van der Waals surface area contributed by atoms with Crippen molar-refractivity contribution in [3.05, 3.63) is 17.0 Å². The van der Waals surface area contributed by atoms with Gasteiger partial charge < -0.3 is 4.55 Å². The molecular formula is C13H20ClN3OS2. The molecule has 0 amide bonds. The van der Waals surface area contributed by atoms with Crippen LogP contribution in [0.3, 0.4) is 0 Å². The molecule has 1 aliphatic rings. The number of hydrogen-bond acceptors (Lipinski definition) is 5. The fraction of sp³-hybridized carbons (Fsp3) is 0.692. The summed E-state index contributed by atoms with van der Waals surface area (Å²) < 4.78 is 15.5. The second-order valence-electron chi connectivity index (χ2n) is 5.98. The monoisotopic (exact) mass is 333 g/mol. The first-order chi connectivity index (χ1) is 9.28. The van der Waals surface area contributed by atoms with Gasteiger partial charge in [-0.1, -0.05) is 0 Å². The van der Waals surface area contributed by atoms with E-state index >= 15 is 0 Å². The largest absolute Gasteiger partial charge is 0.598 e. The van der Waals surface area contributed by atoms with Crippen molar-refractivity contribution in [2.45, 2.75) is 55.3 Å². The van der Waals surface area contributed by atoms with Gasteiger partial charge in [0.2, 0.25) is 5.28 Å². The molecule has 2 rings (SSSR count). The lowest BCUT2D eigenvalue weighted by Gasteiger charge is -2.44. The number of hydrogen-bond donors (Lipinski definition) is 1. The van der Waals surface area contributed by atoms with E-state index in [9.17, 15) is 4.55 Å². The predicted octanol–water partition coefficient (Wildman–Crippen LogP) is 3.28. The van der Waals surface area contributed by atoms with Crippen LogP contribution in [-0.2, 0) is 16.9 Å². The fourth-order valence-electron chi connectivity index (χ4n) is 2.12. The molecule has 0 aromatic carbocycles. The van der Waals surface area contributed by atoms with Crippen LogP contribution in [0.4, 0.5) is 0 Å². The highest BCUT2D eigenvalue weighted by atomic mass is 35.5. The Morgan fingerprint density at radius 1 is 1.45 bits per heavy atom. The molecule has 1 heterocycles. The molecule has 112 valence electrons. The van der Waals surface area contributed by atoms with E-state index in [2.05, 4.69) is 14.7 Å². The van der Waals surface area contributed by atoms with Crippen molar-refractivity contribution < 1.29 is 4.55 Å². The fourth-order valence-corrected chi connectivity index (χ4v) is 3.92. The van der Waals surface area contributed by atoms with E-state index < -0.39 is 11.4 Å². The maximum atomic E-state index is 12.4. The van der Waals surface area contributed by atoms with Crippen LogP contribution in [0.1, 0.15) is 45.6 Å². The second-order valence-corrected chi connectivity index (χ2v) is 9.08. The summed E-state index contributed by atoms with van der Waals surface area (Å²) in [6, 6.07) is 0. The third-order valence-electron chi connectivity index (χ3n) is 3.48. The minimum atomic E-state index is -1.12. The van der Waals surface area contributed by atoms with Gasteiger partial charge in [-0.15, -0.1) is 16.5 Å². The van der Waals surface area contributed by atoms with E-state index in [1.807, 2.05) is 27.0 Å². The van der Waals surface area contributed by atoms with Crippen LogP contribution < -0.4 is 4.72 Å². The predicted molar refractivity (Wildman–Crippen MR) is 85.4 cm³/mol. The zero-order chi connectivity index (χ0) is 15.0. The Morgan fingerprint density at radius 3 is 2.55 bits per heavy atom. The topological polar surface area (TPSA) is 60.9 Å². The first-order valence-electron chi connectivity index (χ1n) is 6.55. The Kier molecular flexibility index (Phi) is 4.91. The SMILES string of the molecule is CSc1nc(Cl)ncc1C1(N[S+]([O-])C(C)(C)C)CCC1. The first-order valence-corrected chi connectivity index (χ1v) is 9.30. The van der Waals surface area contributed by atoms with E-state index in [1.165, 1.54) is 0 Å². The standard InChI is InChI=1S/C13H20ClN3OS2/c1-12(2,3)20(18)17-13(6-5-7-13)9-8-15-11(14)16-10(9)19-4/h8,17H,5-7H2,1-4H3. The third-order valence-corrected chi connectivity index (χ3v) is 6.05. The summed E-state index contributed by atoms with van der Waals surface area (Å²) in [6.07, 6.45) is 6.76. The van der Waals surface area contributed by atoms with E-state index in [4.69, 9.17) is 11.6 Å². The van der Waals surface area contributed by atoms with Crippen LogP contribution in [0.15, 0.2) is 11.2 Å². The Bertz CT molecular complexity index is 489. The minimum absolute atomic E-state index is 0.254. The maximum Gasteiger partial charge on any atom is 0.223 e. The summed E-state index contributed by atoms with van der Waals surface area (Å²) in [6.45, 7) is 5.91. The molecule has 1 aromatic rings. The third kappa shape index (κ3) is 3.25. The molecule has 20 heavy (non-hydrogen) atoms. The van der Waals surface area contributed by atoms with E-state index in [0.717, 1.165) is 29.9 Å². The molecule has 1 aliphatic carbocycles. The molecule has 1 unspecified atom stereocenters. The molecule has 0 aliphatic heterocycles.